The third-order valence-corrected chi connectivity index (χ3v) is 5.34. The Morgan fingerprint density at radius 2 is 1.85 bits per heavy atom. The topological polar surface area (TPSA) is 56.4 Å². The summed E-state index contributed by atoms with van der Waals surface area (Å²) in [4.78, 5) is 15.0. The van der Waals surface area contributed by atoms with Crippen LogP contribution in [0.1, 0.15) is 35.7 Å². The van der Waals surface area contributed by atoms with Crippen LogP contribution in [-0.4, -0.2) is 38.0 Å². The van der Waals surface area contributed by atoms with E-state index in [0.29, 0.717) is 13.1 Å². The maximum absolute atomic E-state index is 12.9. The number of nitrogens with one attached hydrogen (secondary N) is 3. The molecule has 1 aliphatic rings. The lowest BCUT2D eigenvalue weighted by Crippen LogP contribution is -2.40. The van der Waals surface area contributed by atoms with Gasteiger partial charge in [0.15, 0.2) is 0 Å². The number of rotatable bonds is 7. The SMILES string of the molecule is CCc1ccc(C(CNC(=O)C2CNNC2c2ccccc2)N(C)C)cc1. The standard InChI is InChI=1S/C22H30N4O/c1-4-16-10-12-17(13-11-16)20(26(2)3)15-23-22(27)19-14-24-25-21(19)18-8-6-5-7-9-18/h5-13,19-21,24-25H,4,14-15H2,1-3H3,(H,23,27). The molecule has 0 aromatic heterocycles. The van der Waals surface area contributed by atoms with Gasteiger partial charge in [-0.3, -0.25) is 10.2 Å². The smallest absolute Gasteiger partial charge is 0.226 e. The number of hydrogen-bond acceptors (Lipinski definition) is 4. The zero-order chi connectivity index (χ0) is 19.2. The van der Waals surface area contributed by atoms with E-state index in [2.05, 4.69) is 78.5 Å². The van der Waals surface area contributed by atoms with Crippen molar-refractivity contribution in [1.29, 1.82) is 0 Å². The summed E-state index contributed by atoms with van der Waals surface area (Å²) in [5, 5.41) is 3.17. The fourth-order valence-corrected chi connectivity index (χ4v) is 3.62. The molecule has 0 bridgehead atoms. The molecule has 0 radical (unpaired) electrons. The van der Waals surface area contributed by atoms with Gasteiger partial charge in [0.2, 0.25) is 5.91 Å². The van der Waals surface area contributed by atoms with Crippen LogP contribution in [0, 0.1) is 5.92 Å². The lowest BCUT2D eigenvalue weighted by atomic mass is 9.94. The number of carbonyl (C=O) groups is 1. The Hall–Kier alpha value is -2.21. The summed E-state index contributed by atoms with van der Waals surface area (Å²) in [6.45, 7) is 3.38. The van der Waals surface area contributed by atoms with Crippen molar-refractivity contribution in [2.75, 3.05) is 27.2 Å². The van der Waals surface area contributed by atoms with Crippen molar-refractivity contribution < 1.29 is 4.79 Å². The van der Waals surface area contributed by atoms with Gasteiger partial charge >= 0.3 is 0 Å². The second kappa shape index (κ2) is 9.13. The minimum absolute atomic E-state index is 0.00663. The average Bonchev–Trinajstić information content (AvgIpc) is 3.19. The van der Waals surface area contributed by atoms with E-state index in [9.17, 15) is 4.79 Å². The van der Waals surface area contributed by atoms with Crippen LogP contribution >= 0.6 is 0 Å². The fourth-order valence-electron chi connectivity index (χ4n) is 3.62. The Kier molecular flexibility index (Phi) is 6.61. The highest BCUT2D eigenvalue weighted by Gasteiger charge is 2.34. The Labute approximate surface area is 162 Å². The van der Waals surface area contributed by atoms with E-state index < -0.39 is 0 Å². The van der Waals surface area contributed by atoms with Crippen LogP contribution in [0.2, 0.25) is 0 Å². The molecule has 3 atom stereocenters. The molecule has 3 rings (SSSR count). The van der Waals surface area contributed by atoms with Crippen LogP contribution in [0.15, 0.2) is 54.6 Å². The van der Waals surface area contributed by atoms with E-state index in [-0.39, 0.29) is 23.9 Å². The molecule has 1 heterocycles. The van der Waals surface area contributed by atoms with Gasteiger partial charge < -0.3 is 10.2 Å². The van der Waals surface area contributed by atoms with Gasteiger partial charge in [0.1, 0.15) is 0 Å². The van der Waals surface area contributed by atoms with Crippen LogP contribution in [0.25, 0.3) is 0 Å². The highest BCUT2D eigenvalue weighted by Crippen LogP contribution is 2.25. The number of carbonyl (C=O) groups excluding carboxylic acids is 1. The molecular weight excluding hydrogens is 336 g/mol. The minimum Gasteiger partial charge on any atom is -0.354 e. The number of amides is 1. The highest BCUT2D eigenvalue weighted by atomic mass is 16.2. The molecule has 2 aromatic carbocycles. The van der Waals surface area contributed by atoms with E-state index in [1.54, 1.807) is 0 Å². The monoisotopic (exact) mass is 366 g/mol. The zero-order valence-electron chi connectivity index (χ0n) is 16.4. The second-order valence-corrected chi connectivity index (χ2v) is 7.34. The summed E-state index contributed by atoms with van der Waals surface area (Å²) >= 11 is 0. The minimum atomic E-state index is -0.127. The van der Waals surface area contributed by atoms with E-state index in [1.165, 1.54) is 11.1 Å². The molecule has 5 heteroatoms. The van der Waals surface area contributed by atoms with Crippen molar-refractivity contribution in [2.24, 2.45) is 5.92 Å². The maximum atomic E-state index is 12.9. The van der Waals surface area contributed by atoms with Crippen LogP contribution in [0.3, 0.4) is 0 Å². The Morgan fingerprint density at radius 3 is 2.48 bits per heavy atom. The van der Waals surface area contributed by atoms with Crippen molar-refractivity contribution >= 4 is 5.91 Å². The first-order valence-corrected chi connectivity index (χ1v) is 9.66. The van der Waals surface area contributed by atoms with Gasteiger partial charge in [0, 0.05) is 13.1 Å². The lowest BCUT2D eigenvalue weighted by Gasteiger charge is -2.26. The zero-order valence-corrected chi connectivity index (χ0v) is 16.4. The van der Waals surface area contributed by atoms with Crippen molar-refractivity contribution in [1.82, 2.24) is 21.1 Å². The molecule has 27 heavy (non-hydrogen) atoms. The van der Waals surface area contributed by atoms with Crippen LogP contribution < -0.4 is 16.2 Å². The van der Waals surface area contributed by atoms with Gasteiger partial charge in [-0.2, -0.15) is 0 Å². The van der Waals surface area contributed by atoms with Gasteiger partial charge in [-0.1, -0.05) is 61.5 Å². The molecule has 1 fully saturated rings. The first kappa shape index (κ1) is 19.5. The first-order valence-electron chi connectivity index (χ1n) is 9.66. The summed E-state index contributed by atoms with van der Waals surface area (Å²) in [6.07, 6.45) is 1.03. The van der Waals surface area contributed by atoms with Gasteiger partial charge in [-0.05, 0) is 37.2 Å². The van der Waals surface area contributed by atoms with Crippen LogP contribution in [-0.2, 0) is 11.2 Å². The number of hydrazine groups is 1. The van der Waals surface area contributed by atoms with Crippen LogP contribution in [0.5, 0.6) is 0 Å². The number of nitrogens with zero attached hydrogens (tertiary/aromatic N) is 1. The summed E-state index contributed by atoms with van der Waals surface area (Å²) in [5.41, 5.74) is 10.0. The summed E-state index contributed by atoms with van der Waals surface area (Å²) in [5.74, 6) is -0.0453. The molecule has 0 aliphatic carbocycles. The third-order valence-electron chi connectivity index (χ3n) is 5.34. The predicted molar refractivity (Wildman–Crippen MR) is 109 cm³/mol. The van der Waals surface area contributed by atoms with E-state index in [0.717, 1.165) is 12.0 Å². The third kappa shape index (κ3) is 4.75. The van der Waals surface area contributed by atoms with Crippen molar-refractivity contribution in [3.63, 3.8) is 0 Å². The van der Waals surface area contributed by atoms with Crippen LogP contribution in [0.4, 0.5) is 0 Å². The fraction of sp³-hybridized carbons (Fsp3) is 0.409. The molecule has 0 saturated carbocycles. The van der Waals surface area contributed by atoms with Gasteiger partial charge in [-0.25, -0.2) is 5.43 Å². The maximum Gasteiger partial charge on any atom is 0.226 e. The van der Waals surface area contributed by atoms with E-state index >= 15 is 0 Å². The van der Waals surface area contributed by atoms with Crippen molar-refractivity contribution in [3.05, 3.63) is 71.3 Å². The second-order valence-electron chi connectivity index (χ2n) is 7.34. The molecule has 5 nitrogen and oxygen atoms in total. The van der Waals surface area contributed by atoms with Crippen molar-refractivity contribution in [2.45, 2.75) is 25.4 Å². The van der Waals surface area contributed by atoms with Gasteiger partial charge in [-0.15, -0.1) is 0 Å². The average molecular weight is 367 g/mol. The molecule has 1 amide bonds. The normalized spacial score (nSPS) is 20.6. The van der Waals surface area contributed by atoms with E-state index in [1.807, 2.05) is 18.2 Å². The molecule has 2 aromatic rings. The molecule has 1 saturated heterocycles. The first-order chi connectivity index (χ1) is 13.1. The summed E-state index contributed by atoms with van der Waals surface area (Å²) < 4.78 is 0. The number of benzene rings is 2. The Morgan fingerprint density at radius 1 is 1.15 bits per heavy atom. The number of hydrogen-bond donors (Lipinski definition) is 3. The largest absolute Gasteiger partial charge is 0.354 e. The quantitative estimate of drug-likeness (QED) is 0.704. The summed E-state index contributed by atoms with van der Waals surface area (Å²) in [6, 6.07) is 18.9. The van der Waals surface area contributed by atoms with Crippen molar-refractivity contribution in [3.8, 4) is 0 Å². The molecular formula is C22H30N4O. The van der Waals surface area contributed by atoms with Gasteiger partial charge in [0.25, 0.3) is 0 Å². The lowest BCUT2D eigenvalue weighted by molar-refractivity contribution is -0.125. The molecule has 3 N–H and O–H groups in total. The molecule has 0 spiro atoms. The molecule has 1 aliphatic heterocycles. The number of aryl methyl sites for hydroxylation is 1. The highest BCUT2D eigenvalue weighted by molar-refractivity contribution is 5.80. The molecule has 144 valence electrons. The Balaban J connectivity index is 1.65. The Bertz CT molecular complexity index is 730. The van der Waals surface area contributed by atoms with Gasteiger partial charge in [0.05, 0.1) is 18.0 Å². The van der Waals surface area contributed by atoms with E-state index in [4.69, 9.17) is 0 Å². The summed E-state index contributed by atoms with van der Waals surface area (Å²) in [7, 11) is 4.10. The molecule has 3 unspecified atom stereocenters. The predicted octanol–water partition coefficient (Wildman–Crippen LogP) is 2.43. The number of likely N-dealkylation sites (N-methyl/N-ethyl adjacent to an activating group) is 1.